The number of nitrogens with zero attached hydrogens (tertiary/aromatic N) is 1. The van der Waals surface area contributed by atoms with Gasteiger partial charge in [0.15, 0.2) is 0 Å². The molecule has 2 nitrogen and oxygen atoms in total. The summed E-state index contributed by atoms with van der Waals surface area (Å²) in [7, 11) is 0. The maximum Gasteiger partial charge on any atom is 0.124 e. The zero-order valence-electron chi connectivity index (χ0n) is 9.13. The second kappa shape index (κ2) is 4.28. The van der Waals surface area contributed by atoms with Crippen molar-refractivity contribution in [2.45, 2.75) is 6.61 Å². The van der Waals surface area contributed by atoms with Crippen LogP contribution in [0, 0.1) is 0 Å². The normalized spacial score (nSPS) is 10.9. The number of hydrogen-bond acceptors (Lipinski definition) is 3. The molecular weight excluding hydrogens is 230 g/mol. The molecule has 0 aliphatic heterocycles. The molecule has 1 aromatic heterocycles. The van der Waals surface area contributed by atoms with Crippen LogP contribution in [0.4, 0.5) is 0 Å². The Balaban J connectivity index is 2.23. The first-order valence-corrected chi connectivity index (χ1v) is 6.30. The lowest BCUT2D eigenvalue weighted by Gasteiger charge is -2.02. The molecule has 1 N–H and O–H groups in total. The van der Waals surface area contributed by atoms with E-state index in [-0.39, 0.29) is 6.61 Å². The van der Waals surface area contributed by atoms with Gasteiger partial charge >= 0.3 is 0 Å². The topological polar surface area (TPSA) is 33.1 Å². The molecule has 3 heteroatoms. The van der Waals surface area contributed by atoms with Crippen LogP contribution in [0.25, 0.3) is 21.3 Å². The molecule has 0 unspecified atom stereocenters. The fourth-order valence-electron chi connectivity index (χ4n) is 1.92. The van der Waals surface area contributed by atoms with E-state index in [2.05, 4.69) is 29.2 Å². The summed E-state index contributed by atoms with van der Waals surface area (Å²) in [4.78, 5) is 4.42. The first-order chi connectivity index (χ1) is 8.38. The van der Waals surface area contributed by atoms with Gasteiger partial charge in [-0.3, -0.25) is 0 Å². The van der Waals surface area contributed by atoms with Crippen molar-refractivity contribution in [3.63, 3.8) is 0 Å². The van der Waals surface area contributed by atoms with Crippen LogP contribution in [-0.2, 0) is 6.61 Å². The number of hydrogen-bond donors (Lipinski definition) is 1. The molecule has 0 amide bonds. The third-order valence-electron chi connectivity index (χ3n) is 2.73. The molecule has 17 heavy (non-hydrogen) atoms. The third kappa shape index (κ3) is 1.84. The molecule has 84 valence electrons. The molecule has 1 heterocycles. The average molecular weight is 241 g/mol. The van der Waals surface area contributed by atoms with Crippen molar-refractivity contribution in [2.24, 2.45) is 0 Å². The number of fused-ring (bicyclic) bond motifs is 1. The van der Waals surface area contributed by atoms with Gasteiger partial charge in [0.25, 0.3) is 0 Å². The van der Waals surface area contributed by atoms with E-state index in [4.69, 9.17) is 5.11 Å². The fraction of sp³-hybridized carbons (Fsp3) is 0.0714. The standard InChI is InChI=1S/C14H11NOS/c16-8-11-9-17-14(15-11)13-7-3-5-10-4-1-2-6-12(10)13/h1-7,9,16H,8H2. The molecular formula is C14H11NOS. The Hall–Kier alpha value is -1.71. The number of aromatic nitrogens is 1. The molecule has 0 bridgehead atoms. The molecule has 3 aromatic rings. The first-order valence-electron chi connectivity index (χ1n) is 5.42. The van der Waals surface area contributed by atoms with E-state index in [0.717, 1.165) is 16.3 Å². The summed E-state index contributed by atoms with van der Waals surface area (Å²) >= 11 is 1.57. The zero-order chi connectivity index (χ0) is 11.7. The lowest BCUT2D eigenvalue weighted by Crippen LogP contribution is -1.84. The number of aliphatic hydroxyl groups is 1. The summed E-state index contributed by atoms with van der Waals surface area (Å²) in [6.07, 6.45) is 0. The van der Waals surface area contributed by atoms with Gasteiger partial charge in [-0.1, -0.05) is 42.5 Å². The van der Waals surface area contributed by atoms with Crippen molar-refractivity contribution in [3.8, 4) is 10.6 Å². The molecule has 0 saturated carbocycles. The minimum Gasteiger partial charge on any atom is -0.390 e. The minimum absolute atomic E-state index is 0.00126. The lowest BCUT2D eigenvalue weighted by molar-refractivity contribution is 0.278. The van der Waals surface area contributed by atoms with Gasteiger partial charge in [0.2, 0.25) is 0 Å². The summed E-state index contributed by atoms with van der Waals surface area (Å²) < 4.78 is 0. The zero-order valence-corrected chi connectivity index (χ0v) is 9.95. The van der Waals surface area contributed by atoms with Crippen LogP contribution in [0.3, 0.4) is 0 Å². The van der Waals surface area contributed by atoms with Gasteiger partial charge in [-0.25, -0.2) is 4.98 Å². The van der Waals surface area contributed by atoms with Crippen LogP contribution in [0.1, 0.15) is 5.69 Å². The van der Waals surface area contributed by atoms with Crippen molar-refractivity contribution in [1.29, 1.82) is 0 Å². The second-order valence-corrected chi connectivity index (χ2v) is 4.69. The lowest BCUT2D eigenvalue weighted by atomic mass is 10.1. The highest BCUT2D eigenvalue weighted by molar-refractivity contribution is 7.13. The van der Waals surface area contributed by atoms with E-state index in [0.29, 0.717) is 0 Å². The largest absolute Gasteiger partial charge is 0.390 e. The smallest absolute Gasteiger partial charge is 0.124 e. The Morgan fingerprint density at radius 1 is 1.06 bits per heavy atom. The van der Waals surface area contributed by atoms with Crippen molar-refractivity contribution in [2.75, 3.05) is 0 Å². The molecule has 2 aromatic carbocycles. The Labute approximate surface area is 103 Å². The van der Waals surface area contributed by atoms with E-state index in [1.54, 1.807) is 11.3 Å². The third-order valence-corrected chi connectivity index (χ3v) is 3.66. The van der Waals surface area contributed by atoms with Gasteiger partial charge in [-0.2, -0.15) is 0 Å². The SMILES string of the molecule is OCc1csc(-c2cccc3ccccc23)n1. The number of thiazole rings is 1. The Bertz CT molecular complexity index is 655. The van der Waals surface area contributed by atoms with Crippen LogP contribution in [-0.4, -0.2) is 10.1 Å². The number of benzene rings is 2. The molecule has 0 aliphatic rings. The van der Waals surface area contributed by atoms with Crippen LogP contribution < -0.4 is 0 Å². The van der Waals surface area contributed by atoms with E-state index in [1.807, 2.05) is 23.6 Å². The van der Waals surface area contributed by atoms with Crippen molar-refractivity contribution in [3.05, 3.63) is 53.5 Å². The van der Waals surface area contributed by atoms with Crippen molar-refractivity contribution < 1.29 is 5.11 Å². The maximum atomic E-state index is 9.06. The molecule has 0 aliphatic carbocycles. The quantitative estimate of drug-likeness (QED) is 0.745. The molecule has 0 radical (unpaired) electrons. The molecule has 0 fully saturated rings. The average Bonchev–Trinajstić information content (AvgIpc) is 2.87. The second-order valence-electron chi connectivity index (χ2n) is 3.83. The van der Waals surface area contributed by atoms with Gasteiger partial charge in [0, 0.05) is 10.9 Å². The maximum absolute atomic E-state index is 9.06. The highest BCUT2D eigenvalue weighted by Gasteiger charge is 2.07. The summed E-state index contributed by atoms with van der Waals surface area (Å²) in [5.41, 5.74) is 1.87. The summed E-state index contributed by atoms with van der Waals surface area (Å²) in [5.74, 6) is 0. The first kappa shape index (κ1) is 10.4. The van der Waals surface area contributed by atoms with Gasteiger partial charge in [0.05, 0.1) is 12.3 Å². The van der Waals surface area contributed by atoms with E-state index in [9.17, 15) is 0 Å². The molecule has 0 saturated heterocycles. The van der Waals surface area contributed by atoms with Crippen LogP contribution >= 0.6 is 11.3 Å². The Kier molecular flexibility index (Phi) is 2.63. The Morgan fingerprint density at radius 3 is 2.71 bits per heavy atom. The summed E-state index contributed by atoms with van der Waals surface area (Å²) in [6, 6.07) is 14.5. The monoisotopic (exact) mass is 241 g/mol. The fourth-order valence-corrected chi connectivity index (χ4v) is 2.77. The van der Waals surface area contributed by atoms with Gasteiger partial charge in [0.1, 0.15) is 5.01 Å². The minimum atomic E-state index is 0.00126. The van der Waals surface area contributed by atoms with Crippen LogP contribution in [0.15, 0.2) is 47.8 Å². The van der Waals surface area contributed by atoms with Crippen LogP contribution in [0.2, 0.25) is 0 Å². The highest BCUT2D eigenvalue weighted by atomic mass is 32.1. The molecule has 3 rings (SSSR count). The van der Waals surface area contributed by atoms with E-state index >= 15 is 0 Å². The predicted octanol–water partition coefficient (Wildman–Crippen LogP) is 3.46. The molecule has 0 spiro atoms. The molecule has 0 atom stereocenters. The van der Waals surface area contributed by atoms with Gasteiger partial charge < -0.3 is 5.11 Å². The van der Waals surface area contributed by atoms with Crippen molar-refractivity contribution in [1.82, 2.24) is 4.98 Å². The predicted molar refractivity (Wildman–Crippen MR) is 71.0 cm³/mol. The van der Waals surface area contributed by atoms with Gasteiger partial charge in [-0.15, -0.1) is 11.3 Å². The van der Waals surface area contributed by atoms with Crippen LogP contribution in [0.5, 0.6) is 0 Å². The number of aliphatic hydroxyl groups excluding tert-OH is 1. The van der Waals surface area contributed by atoms with E-state index in [1.165, 1.54) is 10.8 Å². The Morgan fingerprint density at radius 2 is 1.88 bits per heavy atom. The van der Waals surface area contributed by atoms with E-state index < -0.39 is 0 Å². The summed E-state index contributed by atoms with van der Waals surface area (Å²) in [6.45, 7) is 0.00126. The highest BCUT2D eigenvalue weighted by Crippen LogP contribution is 2.30. The summed E-state index contributed by atoms with van der Waals surface area (Å²) in [5, 5.41) is 14.3. The number of rotatable bonds is 2. The van der Waals surface area contributed by atoms with Crippen molar-refractivity contribution >= 4 is 22.1 Å². The van der Waals surface area contributed by atoms with Gasteiger partial charge in [-0.05, 0) is 10.8 Å².